The highest BCUT2D eigenvalue weighted by Gasteiger charge is 2.30. The van der Waals surface area contributed by atoms with Crippen LogP contribution in [0.4, 0.5) is 0 Å². The summed E-state index contributed by atoms with van der Waals surface area (Å²) < 4.78 is 0. The van der Waals surface area contributed by atoms with E-state index in [1.54, 1.807) is 0 Å². The van der Waals surface area contributed by atoms with Crippen molar-refractivity contribution in [3.63, 3.8) is 0 Å². The van der Waals surface area contributed by atoms with E-state index in [1.807, 2.05) is 11.8 Å². The zero-order valence-electron chi connectivity index (χ0n) is 9.70. The Bertz CT molecular complexity index is 163. The van der Waals surface area contributed by atoms with Crippen LogP contribution in [0.15, 0.2) is 0 Å². The Morgan fingerprint density at radius 2 is 2.21 bits per heavy atom. The highest BCUT2D eigenvalue weighted by Crippen LogP contribution is 2.24. The zero-order valence-corrected chi connectivity index (χ0v) is 10.5. The Kier molecular flexibility index (Phi) is 5.28. The van der Waals surface area contributed by atoms with Gasteiger partial charge in [0.2, 0.25) is 0 Å². The molecule has 0 aromatic rings. The number of hydrogen-bond acceptors (Lipinski definition) is 3. The number of rotatable bonds is 5. The molecule has 0 saturated heterocycles. The van der Waals surface area contributed by atoms with Crippen molar-refractivity contribution >= 4 is 11.8 Å². The quantitative estimate of drug-likeness (QED) is 0.761. The van der Waals surface area contributed by atoms with Crippen LogP contribution in [0.3, 0.4) is 0 Å². The molecule has 3 unspecified atom stereocenters. The molecule has 1 rings (SSSR count). The van der Waals surface area contributed by atoms with Gasteiger partial charge in [0.15, 0.2) is 0 Å². The number of hydrogen-bond donors (Lipinski definition) is 1. The molecule has 1 fully saturated rings. The molecule has 0 heterocycles. The maximum Gasteiger partial charge on any atom is 0.0247 e. The maximum absolute atomic E-state index is 6.12. The number of likely N-dealkylation sites (N-methyl/N-ethyl adjacent to an activating group) is 1. The summed E-state index contributed by atoms with van der Waals surface area (Å²) in [4.78, 5) is 2.52. The highest BCUT2D eigenvalue weighted by atomic mass is 32.2. The van der Waals surface area contributed by atoms with Gasteiger partial charge in [-0.2, -0.15) is 11.8 Å². The monoisotopic (exact) mass is 216 g/mol. The van der Waals surface area contributed by atoms with E-state index in [9.17, 15) is 0 Å². The number of nitrogens with two attached hydrogens (primary N) is 1. The van der Waals surface area contributed by atoms with Crippen LogP contribution in [0.1, 0.15) is 32.6 Å². The second-order valence-corrected chi connectivity index (χ2v) is 5.26. The summed E-state index contributed by atoms with van der Waals surface area (Å²) in [5, 5.41) is 0. The smallest absolute Gasteiger partial charge is 0.0247 e. The predicted molar refractivity (Wildman–Crippen MR) is 65.8 cm³/mol. The van der Waals surface area contributed by atoms with Crippen molar-refractivity contribution < 1.29 is 0 Å². The van der Waals surface area contributed by atoms with Crippen LogP contribution in [0, 0.1) is 0 Å². The molecule has 1 aliphatic carbocycles. The molecular weight excluding hydrogens is 192 g/mol. The van der Waals surface area contributed by atoms with Crippen LogP contribution < -0.4 is 5.73 Å². The van der Waals surface area contributed by atoms with E-state index >= 15 is 0 Å². The Hall–Kier alpha value is 0.270. The molecule has 0 amide bonds. The van der Waals surface area contributed by atoms with Gasteiger partial charge < -0.3 is 5.73 Å². The molecule has 3 atom stereocenters. The largest absolute Gasteiger partial charge is 0.326 e. The lowest BCUT2D eigenvalue weighted by atomic mass is 10.1. The lowest BCUT2D eigenvalue weighted by Gasteiger charge is -2.34. The summed E-state index contributed by atoms with van der Waals surface area (Å²) in [6, 6.07) is 1.75. The third kappa shape index (κ3) is 2.88. The van der Waals surface area contributed by atoms with Gasteiger partial charge in [-0.25, -0.2) is 0 Å². The van der Waals surface area contributed by atoms with E-state index in [2.05, 4.69) is 25.1 Å². The molecule has 0 bridgehead atoms. The van der Waals surface area contributed by atoms with Crippen LogP contribution in [-0.4, -0.2) is 42.1 Å². The lowest BCUT2D eigenvalue weighted by Crippen LogP contribution is -2.47. The fourth-order valence-electron chi connectivity index (χ4n) is 2.46. The maximum atomic E-state index is 6.12. The van der Waals surface area contributed by atoms with Crippen LogP contribution >= 0.6 is 11.8 Å². The van der Waals surface area contributed by atoms with Crippen LogP contribution in [0.2, 0.25) is 0 Å². The van der Waals surface area contributed by atoms with Gasteiger partial charge in [0, 0.05) is 23.9 Å². The normalized spacial score (nSPS) is 29.8. The minimum Gasteiger partial charge on any atom is -0.326 e. The average Bonchev–Trinajstić information content (AvgIpc) is 2.59. The summed E-state index contributed by atoms with van der Waals surface area (Å²) in [6.45, 7) is 2.28. The van der Waals surface area contributed by atoms with Gasteiger partial charge in [-0.05, 0) is 32.6 Å². The average molecular weight is 216 g/mol. The van der Waals surface area contributed by atoms with E-state index in [4.69, 9.17) is 5.73 Å². The van der Waals surface area contributed by atoms with Crippen LogP contribution in [0.25, 0.3) is 0 Å². The molecule has 1 saturated carbocycles. The minimum atomic E-state index is 0.413. The van der Waals surface area contributed by atoms with Crippen molar-refractivity contribution in [2.75, 3.05) is 19.1 Å². The van der Waals surface area contributed by atoms with Crippen molar-refractivity contribution in [3.05, 3.63) is 0 Å². The van der Waals surface area contributed by atoms with E-state index in [-0.39, 0.29) is 0 Å². The molecule has 14 heavy (non-hydrogen) atoms. The van der Waals surface area contributed by atoms with Gasteiger partial charge in [0.1, 0.15) is 0 Å². The molecule has 0 aliphatic heterocycles. The van der Waals surface area contributed by atoms with E-state index in [1.165, 1.54) is 31.4 Å². The van der Waals surface area contributed by atoms with Gasteiger partial charge in [-0.1, -0.05) is 13.3 Å². The van der Waals surface area contributed by atoms with E-state index in [0.29, 0.717) is 18.1 Å². The van der Waals surface area contributed by atoms with Crippen molar-refractivity contribution in [2.45, 2.75) is 50.7 Å². The number of nitrogens with zero attached hydrogens (tertiary/aromatic N) is 1. The molecule has 0 aromatic heterocycles. The standard InChI is InChI=1S/C11H24N2S/c1-4-9(8-14-3)13(2)11-7-5-6-10(11)12/h9-11H,4-8,12H2,1-3H3. The Morgan fingerprint density at radius 1 is 1.50 bits per heavy atom. The second kappa shape index (κ2) is 5.99. The minimum absolute atomic E-state index is 0.413. The third-order valence-corrected chi connectivity index (χ3v) is 4.18. The Morgan fingerprint density at radius 3 is 2.64 bits per heavy atom. The van der Waals surface area contributed by atoms with Crippen molar-refractivity contribution in [3.8, 4) is 0 Å². The first kappa shape index (κ1) is 12.3. The van der Waals surface area contributed by atoms with Gasteiger partial charge in [0.25, 0.3) is 0 Å². The van der Waals surface area contributed by atoms with E-state index < -0.39 is 0 Å². The highest BCUT2D eigenvalue weighted by molar-refractivity contribution is 7.98. The number of thioether (sulfide) groups is 1. The fourth-order valence-corrected chi connectivity index (χ4v) is 3.32. The molecule has 1 aliphatic rings. The third-order valence-electron chi connectivity index (χ3n) is 3.46. The molecule has 2 N–H and O–H groups in total. The first-order valence-corrected chi connectivity index (χ1v) is 7.06. The SMILES string of the molecule is CCC(CSC)N(C)C1CCCC1N. The summed E-state index contributed by atoms with van der Waals surface area (Å²) in [5.74, 6) is 1.23. The molecule has 0 radical (unpaired) electrons. The van der Waals surface area contributed by atoms with Crippen LogP contribution in [-0.2, 0) is 0 Å². The molecule has 84 valence electrons. The molecule has 0 spiro atoms. The summed E-state index contributed by atoms with van der Waals surface area (Å²) >= 11 is 1.94. The molecular formula is C11H24N2S. The Balaban J connectivity index is 2.48. The zero-order chi connectivity index (χ0) is 10.6. The van der Waals surface area contributed by atoms with Gasteiger partial charge >= 0.3 is 0 Å². The summed E-state index contributed by atoms with van der Waals surface area (Å²) in [7, 11) is 2.25. The van der Waals surface area contributed by atoms with Crippen molar-refractivity contribution in [1.82, 2.24) is 4.90 Å². The first-order chi connectivity index (χ1) is 6.70. The van der Waals surface area contributed by atoms with E-state index in [0.717, 1.165) is 0 Å². The fraction of sp³-hybridized carbons (Fsp3) is 1.00. The molecule has 2 nitrogen and oxygen atoms in total. The lowest BCUT2D eigenvalue weighted by molar-refractivity contribution is 0.173. The van der Waals surface area contributed by atoms with Gasteiger partial charge in [-0.15, -0.1) is 0 Å². The van der Waals surface area contributed by atoms with Gasteiger partial charge in [-0.3, -0.25) is 4.90 Å². The van der Waals surface area contributed by atoms with Crippen molar-refractivity contribution in [2.24, 2.45) is 5.73 Å². The first-order valence-electron chi connectivity index (χ1n) is 5.67. The topological polar surface area (TPSA) is 29.3 Å². The Labute approximate surface area is 92.6 Å². The molecule has 3 heteroatoms. The van der Waals surface area contributed by atoms with Crippen molar-refractivity contribution in [1.29, 1.82) is 0 Å². The summed E-state index contributed by atoms with van der Waals surface area (Å²) in [5.41, 5.74) is 6.12. The second-order valence-electron chi connectivity index (χ2n) is 4.34. The summed E-state index contributed by atoms with van der Waals surface area (Å²) in [6.07, 6.45) is 7.24. The predicted octanol–water partition coefficient (Wildman–Crippen LogP) is 1.94. The van der Waals surface area contributed by atoms with Crippen LogP contribution in [0.5, 0.6) is 0 Å². The molecule has 0 aromatic carbocycles. The van der Waals surface area contributed by atoms with Gasteiger partial charge in [0.05, 0.1) is 0 Å².